The van der Waals surface area contributed by atoms with Crippen LogP contribution in [-0.4, -0.2) is 23.6 Å². The Kier molecular flexibility index (Phi) is 3.38. The number of pyridine rings is 1. The van der Waals surface area contributed by atoms with Crippen molar-refractivity contribution in [3.05, 3.63) is 42.2 Å². The molecule has 1 saturated carbocycles. The first kappa shape index (κ1) is 13.8. The van der Waals surface area contributed by atoms with Gasteiger partial charge in [-0.25, -0.2) is 0 Å². The van der Waals surface area contributed by atoms with Crippen LogP contribution in [0.25, 0.3) is 16.8 Å². The molecule has 0 unspecified atom stereocenters. The highest BCUT2D eigenvalue weighted by Crippen LogP contribution is 2.38. The average Bonchev–Trinajstić information content (AvgIpc) is 2.57. The van der Waals surface area contributed by atoms with Gasteiger partial charge in [0.15, 0.2) is 0 Å². The van der Waals surface area contributed by atoms with Gasteiger partial charge in [-0.15, -0.1) is 0 Å². The van der Waals surface area contributed by atoms with Crippen molar-refractivity contribution in [2.45, 2.75) is 44.2 Å². The van der Waals surface area contributed by atoms with E-state index in [0.717, 1.165) is 31.5 Å². The summed E-state index contributed by atoms with van der Waals surface area (Å²) in [4.78, 5) is 7.18. The number of aromatic nitrogens is 1. The second-order valence-corrected chi connectivity index (χ2v) is 6.58. The van der Waals surface area contributed by atoms with Crippen LogP contribution in [0.15, 0.2) is 31.0 Å². The van der Waals surface area contributed by atoms with Crippen molar-refractivity contribution in [1.29, 1.82) is 0 Å². The Bertz CT molecular complexity index is 714. The van der Waals surface area contributed by atoms with Crippen molar-refractivity contribution in [1.82, 2.24) is 4.98 Å². The van der Waals surface area contributed by atoms with Gasteiger partial charge in [0.2, 0.25) is 0 Å². The fraction of sp³-hybridized carbons (Fsp3) is 0.421. The molecule has 1 aliphatic heterocycles. The molecule has 1 aromatic carbocycles. The van der Waals surface area contributed by atoms with Crippen LogP contribution in [0.2, 0.25) is 0 Å². The molecule has 3 nitrogen and oxygen atoms in total. The third-order valence-corrected chi connectivity index (χ3v) is 5.31. The summed E-state index contributed by atoms with van der Waals surface area (Å²) in [5.74, 6) is 0. The molecule has 0 atom stereocenters. The molecule has 0 amide bonds. The lowest BCUT2D eigenvalue weighted by Gasteiger charge is -2.40. The van der Waals surface area contributed by atoms with Crippen molar-refractivity contribution in [2.24, 2.45) is 5.73 Å². The van der Waals surface area contributed by atoms with E-state index in [-0.39, 0.29) is 0 Å². The number of hydrogen-bond acceptors (Lipinski definition) is 3. The summed E-state index contributed by atoms with van der Waals surface area (Å²) in [7, 11) is 0. The highest BCUT2D eigenvalue weighted by atomic mass is 15.2. The fourth-order valence-electron chi connectivity index (χ4n) is 4.12. The minimum Gasteiger partial charge on any atom is -0.368 e. The third kappa shape index (κ3) is 2.12. The predicted octanol–water partition coefficient (Wildman–Crippen LogP) is 3.51. The van der Waals surface area contributed by atoms with Gasteiger partial charge in [-0.05, 0) is 49.8 Å². The number of hydrogen-bond donors (Lipinski definition) is 1. The number of rotatable bonds is 2. The van der Waals surface area contributed by atoms with E-state index in [1.54, 1.807) is 0 Å². The van der Waals surface area contributed by atoms with E-state index in [0.29, 0.717) is 12.1 Å². The van der Waals surface area contributed by atoms with Crippen LogP contribution in [0, 0.1) is 0 Å². The van der Waals surface area contributed by atoms with E-state index in [9.17, 15) is 0 Å². The molecule has 2 aromatic rings. The van der Waals surface area contributed by atoms with Crippen molar-refractivity contribution < 1.29 is 0 Å². The minimum absolute atomic E-state index is 0.403. The van der Waals surface area contributed by atoms with Gasteiger partial charge < -0.3 is 10.6 Å². The number of anilines is 1. The standard InChI is InChI=1S/C19H23N3/c1-2-17-16-4-3-5-18-19(16)13(12-21-17)10-11-22(18)15-8-6-14(20)7-9-15/h2-5,12,14-15H,1,6-11,20H2. The van der Waals surface area contributed by atoms with Gasteiger partial charge in [-0.2, -0.15) is 0 Å². The smallest absolute Gasteiger partial charge is 0.0703 e. The summed E-state index contributed by atoms with van der Waals surface area (Å²) < 4.78 is 0. The molecule has 2 heterocycles. The molecule has 1 aromatic heterocycles. The maximum Gasteiger partial charge on any atom is 0.0703 e. The first-order valence-corrected chi connectivity index (χ1v) is 8.33. The van der Waals surface area contributed by atoms with Gasteiger partial charge in [0.1, 0.15) is 0 Å². The fourth-order valence-corrected chi connectivity index (χ4v) is 4.12. The Morgan fingerprint density at radius 1 is 1.23 bits per heavy atom. The highest BCUT2D eigenvalue weighted by molar-refractivity contribution is 6.01. The van der Waals surface area contributed by atoms with Crippen LogP contribution in [0.3, 0.4) is 0 Å². The molecule has 114 valence electrons. The quantitative estimate of drug-likeness (QED) is 0.921. The van der Waals surface area contributed by atoms with Crippen molar-refractivity contribution in [3.63, 3.8) is 0 Å². The summed E-state index contributed by atoms with van der Waals surface area (Å²) >= 11 is 0. The van der Waals surface area contributed by atoms with Crippen LogP contribution in [0.4, 0.5) is 5.69 Å². The Balaban J connectivity index is 1.81. The molecule has 2 N–H and O–H groups in total. The molecule has 0 bridgehead atoms. The second-order valence-electron chi connectivity index (χ2n) is 6.58. The zero-order chi connectivity index (χ0) is 15.1. The maximum absolute atomic E-state index is 6.08. The summed E-state index contributed by atoms with van der Waals surface area (Å²) in [6.45, 7) is 5.01. The zero-order valence-corrected chi connectivity index (χ0v) is 13.0. The van der Waals surface area contributed by atoms with E-state index >= 15 is 0 Å². The first-order valence-electron chi connectivity index (χ1n) is 8.33. The lowest BCUT2D eigenvalue weighted by atomic mass is 9.88. The monoisotopic (exact) mass is 293 g/mol. The van der Waals surface area contributed by atoms with Crippen molar-refractivity contribution in [3.8, 4) is 0 Å². The lowest BCUT2D eigenvalue weighted by molar-refractivity contribution is 0.375. The second kappa shape index (κ2) is 5.40. The van der Waals surface area contributed by atoms with Gasteiger partial charge in [-0.1, -0.05) is 18.7 Å². The molecule has 0 spiro atoms. The highest BCUT2D eigenvalue weighted by Gasteiger charge is 2.28. The topological polar surface area (TPSA) is 42.2 Å². The van der Waals surface area contributed by atoms with E-state index in [1.807, 2.05) is 12.3 Å². The molecule has 1 fully saturated rings. The summed E-state index contributed by atoms with van der Waals surface area (Å²) in [5.41, 5.74) is 9.83. The molecular weight excluding hydrogens is 270 g/mol. The number of benzene rings is 1. The van der Waals surface area contributed by atoms with Crippen LogP contribution in [0.1, 0.15) is 36.9 Å². The zero-order valence-electron chi connectivity index (χ0n) is 13.0. The molecular formula is C19H23N3. The molecule has 0 radical (unpaired) electrons. The van der Waals surface area contributed by atoms with Gasteiger partial charge in [-0.3, -0.25) is 4.98 Å². The Hall–Kier alpha value is -1.87. The lowest BCUT2D eigenvalue weighted by Crippen LogP contribution is -2.43. The van der Waals surface area contributed by atoms with Gasteiger partial charge in [0, 0.05) is 41.3 Å². The van der Waals surface area contributed by atoms with E-state index in [4.69, 9.17) is 5.73 Å². The largest absolute Gasteiger partial charge is 0.368 e. The molecule has 1 aliphatic carbocycles. The normalized spacial score (nSPS) is 24.5. The van der Waals surface area contributed by atoms with Gasteiger partial charge in [0.05, 0.1) is 5.69 Å². The summed E-state index contributed by atoms with van der Waals surface area (Å²) in [6, 6.07) is 7.64. The Labute approximate surface area is 131 Å². The van der Waals surface area contributed by atoms with Crippen LogP contribution in [0.5, 0.6) is 0 Å². The average molecular weight is 293 g/mol. The minimum atomic E-state index is 0.403. The summed E-state index contributed by atoms with van der Waals surface area (Å²) in [6.07, 6.45) is 9.72. The van der Waals surface area contributed by atoms with Crippen LogP contribution < -0.4 is 10.6 Å². The number of nitrogens with zero attached hydrogens (tertiary/aromatic N) is 2. The maximum atomic E-state index is 6.08. The molecule has 0 saturated heterocycles. The van der Waals surface area contributed by atoms with Gasteiger partial charge in [0.25, 0.3) is 0 Å². The van der Waals surface area contributed by atoms with E-state index in [2.05, 4.69) is 34.7 Å². The third-order valence-electron chi connectivity index (χ3n) is 5.31. The SMILES string of the molecule is C=Cc1ncc2c3c(cccc13)N(C1CCC(N)CC1)CC2. The number of nitrogens with two attached hydrogens (primary N) is 1. The van der Waals surface area contributed by atoms with Crippen molar-refractivity contribution in [2.75, 3.05) is 11.4 Å². The molecule has 4 rings (SSSR count). The van der Waals surface area contributed by atoms with Crippen LogP contribution >= 0.6 is 0 Å². The molecule has 22 heavy (non-hydrogen) atoms. The molecule has 3 heteroatoms. The van der Waals surface area contributed by atoms with Gasteiger partial charge >= 0.3 is 0 Å². The molecule has 2 aliphatic rings. The Morgan fingerprint density at radius 2 is 2.05 bits per heavy atom. The van der Waals surface area contributed by atoms with Crippen LogP contribution in [-0.2, 0) is 6.42 Å². The Morgan fingerprint density at radius 3 is 2.82 bits per heavy atom. The van der Waals surface area contributed by atoms with E-state index < -0.39 is 0 Å². The first-order chi connectivity index (χ1) is 10.8. The van der Waals surface area contributed by atoms with Crippen molar-refractivity contribution >= 4 is 22.5 Å². The predicted molar refractivity (Wildman–Crippen MR) is 93.1 cm³/mol. The van der Waals surface area contributed by atoms with E-state index in [1.165, 1.54) is 34.9 Å². The summed E-state index contributed by atoms with van der Waals surface area (Å²) in [5, 5.41) is 2.62.